The van der Waals surface area contributed by atoms with Gasteiger partial charge < -0.3 is 9.84 Å². The van der Waals surface area contributed by atoms with E-state index in [9.17, 15) is 0 Å². The SMILES string of the molecule is CC(CO)C1COC1. The van der Waals surface area contributed by atoms with Gasteiger partial charge in [0.05, 0.1) is 13.2 Å². The Hall–Kier alpha value is -0.0800. The van der Waals surface area contributed by atoms with Crippen LogP contribution in [0.15, 0.2) is 0 Å². The lowest BCUT2D eigenvalue weighted by Gasteiger charge is -2.30. The number of aliphatic hydroxyl groups excluding tert-OH is 1. The minimum atomic E-state index is 0.300. The van der Waals surface area contributed by atoms with Crippen LogP contribution in [0, 0.1) is 11.8 Å². The molecule has 2 heteroatoms. The highest BCUT2D eigenvalue weighted by atomic mass is 16.5. The van der Waals surface area contributed by atoms with Crippen molar-refractivity contribution in [1.29, 1.82) is 0 Å². The first-order valence-electron chi connectivity index (χ1n) is 3.03. The Kier molecular flexibility index (Phi) is 1.86. The van der Waals surface area contributed by atoms with Crippen molar-refractivity contribution in [2.45, 2.75) is 6.92 Å². The first-order valence-corrected chi connectivity index (χ1v) is 3.03. The number of aliphatic hydroxyl groups is 1. The topological polar surface area (TPSA) is 29.5 Å². The minimum Gasteiger partial charge on any atom is -0.396 e. The van der Waals surface area contributed by atoms with Gasteiger partial charge in [0, 0.05) is 12.5 Å². The van der Waals surface area contributed by atoms with E-state index in [1.165, 1.54) is 0 Å². The molecule has 1 aliphatic rings. The highest BCUT2D eigenvalue weighted by molar-refractivity contribution is 4.70. The van der Waals surface area contributed by atoms with Gasteiger partial charge in [-0.15, -0.1) is 0 Å². The third kappa shape index (κ3) is 1.01. The molecule has 0 aromatic carbocycles. The van der Waals surface area contributed by atoms with Crippen LogP contribution in [0.4, 0.5) is 0 Å². The molecule has 0 aromatic rings. The van der Waals surface area contributed by atoms with Gasteiger partial charge in [-0.25, -0.2) is 0 Å². The van der Waals surface area contributed by atoms with E-state index in [0.717, 1.165) is 13.2 Å². The molecule has 1 N–H and O–H groups in total. The molecule has 2 nitrogen and oxygen atoms in total. The third-order valence-electron chi connectivity index (χ3n) is 1.76. The Labute approximate surface area is 49.5 Å². The molecular formula is C6H12O2. The van der Waals surface area contributed by atoms with Gasteiger partial charge in [-0.05, 0) is 5.92 Å². The second-order valence-electron chi connectivity index (χ2n) is 2.46. The molecule has 1 rings (SSSR count). The van der Waals surface area contributed by atoms with Crippen LogP contribution in [0.25, 0.3) is 0 Å². The molecule has 1 heterocycles. The lowest BCUT2D eigenvalue weighted by atomic mass is 9.94. The van der Waals surface area contributed by atoms with E-state index < -0.39 is 0 Å². The number of hydrogen-bond donors (Lipinski definition) is 1. The molecule has 1 aliphatic heterocycles. The van der Waals surface area contributed by atoms with Gasteiger partial charge in [0.1, 0.15) is 0 Å². The van der Waals surface area contributed by atoms with E-state index in [4.69, 9.17) is 9.84 Å². The van der Waals surface area contributed by atoms with Crippen LogP contribution in [0.2, 0.25) is 0 Å². The summed E-state index contributed by atoms with van der Waals surface area (Å²) >= 11 is 0. The quantitative estimate of drug-likeness (QED) is 0.560. The van der Waals surface area contributed by atoms with Crippen molar-refractivity contribution in [2.75, 3.05) is 19.8 Å². The summed E-state index contributed by atoms with van der Waals surface area (Å²) in [5.41, 5.74) is 0. The van der Waals surface area contributed by atoms with Crippen LogP contribution in [-0.2, 0) is 4.74 Å². The number of rotatable bonds is 2. The van der Waals surface area contributed by atoms with E-state index in [-0.39, 0.29) is 0 Å². The fourth-order valence-corrected chi connectivity index (χ4v) is 0.732. The van der Waals surface area contributed by atoms with Gasteiger partial charge in [-0.1, -0.05) is 6.92 Å². The summed E-state index contributed by atoms with van der Waals surface area (Å²) < 4.78 is 4.95. The van der Waals surface area contributed by atoms with E-state index >= 15 is 0 Å². The Morgan fingerprint density at radius 3 is 2.50 bits per heavy atom. The van der Waals surface area contributed by atoms with Crippen LogP contribution in [0.5, 0.6) is 0 Å². The summed E-state index contributed by atoms with van der Waals surface area (Å²) in [4.78, 5) is 0. The zero-order valence-corrected chi connectivity index (χ0v) is 5.13. The zero-order chi connectivity index (χ0) is 5.98. The fourth-order valence-electron chi connectivity index (χ4n) is 0.732. The standard InChI is InChI=1S/C6H12O2/c1-5(2-7)6-3-8-4-6/h5-7H,2-4H2,1H3. The van der Waals surface area contributed by atoms with Crippen molar-refractivity contribution in [2.24, 2.45) is 11.8 Å². The van der Waals surface area contributed by atoms with Crippen LogP contribution in [0.3, 0.4) is 0 Å². The van der Waals surface area contributed by atoms with Crippen molar-refractivity contribution in [3.63, 3.8) is 0 Å². The summed E-state index contributed by atoms with van der Waals surface area (Å²) in [6.07, 6.45) is 0. The molecule has 0 spiro atoms. The molecule has 8 heavy (non-hydrogen) atoms. The maximum absolute atomic E-state index is 8.61. The number of ether oxygens (including phenoxy) is 1. The first kappa shape index (κ1) is 6.05. The molecule has 0 saturated carbocycles. The van der Waals surface area contributed by atoms with E-state index in [1.54, 1.807) is 0 Å². The van der Waals surface area contributed by atoms with E-state index in [2.05, 4.69) is 0 Å². The summed E-state index contributed by atoms with van der Waals surface area (Å²) in [6, 6.07) is 0. The number of hydrogen-bond acceptors (Lipinski definition) is 2. The summed E-state index contributed by atoms with van der Waals surface area (Å²) in [5.74, 6) is 1.06. The zero-order valence-electron chi connectivity index (χ0n) is 5.13. The van der Waals surface area contributed by atoms with Crippen LogP contribution >= 0.6 is 0 Å². The molecule has 1 saturated heterocycles. The second kappa shape index (κ2) is 2.46. The smallest absolute Gasteiger partial charge is 0.0519 e. The van der Waals surface area contributed by atoms with Crippen LogP contribution in [0.1, 0.15) is 6.92 Å². The Balaban J connectivity index is 2.13. The lowest BCUT2D eigenvalue weighted by molar-refractivity contribution is -0.0664. The molecule has 1 atom stereocenters. The van der Waals surface area contributed by atoms with Crippen LogP contribution in [-0.4, -0.2) is 24.9 Å². The first-order chi connectivity index (χ1) is 3.84. The van der Waals surface area contributed by atoms with Gasteiger partial charge in [0.15, 0.2) is 0 Å². The molecule has 48 valence electrons. The third-order valence-corrected chi connectivity index (χ3v) is 1.76. The van der Waals surface area contributed by atoms with Crippen molar-refractivity contribution >= 4 is 0 Å². The minimum absolute atomic E-state index is 0.300. The predicted octanol–water partition coefficient (Wildman–Crippen LogP) is 0.261. The van der Waals surface area contributed by atoms with Gasteiger partial charge in [-0.2, -0.15) is 0 Å². The average Bonchev–Trinajstić information content (AvgIpc) is 1.62. The average molecular weight is 116 g/mol. The second-order valence-corrected chi connectivity index (χ2v) is 2.46. The maximum atomic E-state index is 8.61. The predicted molar refractivity (Wildman–Crippen MR) is 30.6 cm³/mol. The molecule has 0 amide bonds. The normalized spacial score (nSPS) is 24.8. The molecular weight excluding hydrogens is 104 g/mol. The van der Waals surface area contributed by atoms with Crippen molar-refractivity contribution in [3.05, 3.63) is 0 Å². The summed E-state index contributed by atoms with van der Waals surface area (Å²) in [6.45, 7) is 4.05. The highest BCUT2D eigenvalue weighted by Gasteiger charge is 2.23. The Bertz CT molecular complexity index is 66.2. The largest absolute Gasteiger partial charge is 0.396 e. The Morgan fingerprint density at radius 1 is 1.75 bits per heavy atom. The Morgan fingerprint density at radius 2 is 2.38 bits per heavy atom. The summed E-state index contributed by atoms with van der Waals surface area (Å²) in [7, 11) is 0. The molecule has 0 aromatic heterocycles. The maximum Gasteiger partial charge on any atom is 0.0519 e. The van der Waals surface area contributed by atoms with Gasteiger partial charge >= 0.3 is 0 Å². The van der Waals surface area contributed by atoms with Crippen molar-refractivity contribution in [3.8, 4) is 0 Å². The molecule has 1 fully saturated rings. The fraction of sp³-hybridized carbons (Fsp3) is 1.00. The molecule has 0 radical (unpaired) electrons. The molecule has 1 unspecified atom stereocenters. The molecule has 0 bridgehead atoms. The van der Waals surface area contributed by atoms with Crippen LogP contribution < -0.4 is 0 Å². The summed E-state index contributed by atoms with van der Waals surface area (Å²) in [5, 5.41) is 8.61. The van der Waals surface area contributed by atoms with Crippen molar-refractivity contribution < 1.29 is 9.84 Å². The van der Waals surface area contributed by atoms with E-state index in [1.807, 2.05) is 6.92 Å². The molecule has 0 aliphatic carbocycles. The lowest BCUT2D eigenvalue weighted by Crippen LogP contribution is -2.34. The van der Waals surface area contributed by atoms with E-state index in [0.29, 0.717) is 18.4 Å². The van der Waals surface area contributed by atoms with Gasteiger partial charge in [0.2, 0.25) is 0 Å². The van der Waals surface area contributed by atoms with Crippen molar-refractivity contribution in [1.82, 2.24) is 0 Å². The monoisotopic (exact) mass is 116 g/mol. The van der Waals surface area contributed by atoms with Gasteiger partial charge in [-0.3, -0.25) is 0 Å². The van der Waals surface area contributed by atoms with Gasteiger partial charge in [0.25, 0.3) is 0 Å². The highest BCUT2D eigenvalue weighted by Crippen LogP contribution is 2.18.